The van der Waals surface area contributed by atoms with Gasteiger partial charge in [-0.15, -0.1) is 0 Å². The molecule has 12 heavy (non-hydrogen) atoms. The molecule has 0 aliphatic carbocycles. The number of hydrogen-bond acceptors (Lipinski definition) is 3. The van der Waals surface area contributed by atoms with Gasteiger partial charge in [0.05, 0.1) is 4.99 Å². The van der Waals surface area contributed by atoms with Gasteiger partial charge < -0.3 is 5.73 Å². The Balaban J connectivity index is 4.20. The summed E-state index contributed by atoms with van der Waals surface area (Å²) in [5, 5.41) is 4.84. The van der Waals surface area contributed by atoms with E-state index < -0.39 is 10.2 Å². The van der Waals surface area contributed by atoms with Crippen molar-refractivity contribution in [3.8, 4) is 0 Å². The van der Waals surface area contributed by atoms with Gasteiger partial charge in [-0.2, -0.15) is 12.7 Å². The van der Waals surface area contributed by atoms with Crippen LogP contribution in [0.4, 0.5) is 0 Å². The first kappa shape index (κ1) is 11.8. The van der Waals surface area contributed by atoms with E-state index in [1.807, 2.05) is 0 Å². The van der Waals surface area contributed by atoms with Crippen molar-refractivity contribution in [3.63, 3.8) is 0 Å². The van der Waals surface area contributed by atoms with Crippen LogP contribution in [0.1, 0.15) is 6.92 Å². The fourth-order valence-electron chi connectivity index (χ4n) is 0.580. The second kappa shape index (κ2) is 4.13. The Morgan fingerprint density at radius 2 is 2.08 bits per heavy atom. The number of hydrogen-bond donors (Lipinski definition) is 2. The molecule has 1 atom stereocenters. The smallest absolute Gasteiger partial charge is 0.276 e. The van der Waals surface area contributed by atoms with Crippen LogP contribution >= 0.6 is 12.2 Å². The number of nitrogens with two attached hydrogens (primary N) is 2. The minimum Gasteiger partial charge on any atom is -0.393 e. The predicted molar refractivity (Wildman–Crippen MR) is 51.7 cm³/mol. The molecule has 0 aromatic rings. The molecular weight excluding hydrogens is 198 g/mol. The zero-order valence-electron chi connectivity index (χ0n) is 7.02. The summed E-state index contributed by atoms with van der Waals surface area (Å²) in [6.45, 7) is 1.96. The van der Waals surface area contributed by atoms with Crippen LogP contribution in [0.25, 0.3) is 0 Å². The summed E-state index contributed by atoms with van der Waals surface area (Å²) in [6, 6.07) is 0. The zero-order chi connectivity index (χ0) is 9.94. The van der Waals surface area contributed by atoms with E-state index in [4.69, 9.17) is 10.9 Å². The van der Waals surface area contributed by atoms with Gasteiger partial charge in [0.25, 0.3) is 10.2 Å². The molecule has 72 valence electrons. The van der Waals surface area contributed by atoms with E-state index in [2.05, 4.69) is 12.2 Å². The Morgan fingerprint density at radius 1 is 1.67 bits per heavy atom. The maximum atomic E-state index is 10.7. The molecule has 0 fully saturated rings. The van der Waals surface area contributed by atoms with Crippen LogP contribution in [-0.2, 0) is 10.2 Å². The van der Waals surface area contributed by atoms with Gasteiger partial charge in [0, 0.05) is 19.5 Å². The van der Waals surface area contributed by atoms with E-state index >= 15 is 0 Å². The highest BCUT2D eigenvalue weighted by Gasteiger charge is 2.16. The molecule has 1 unspecified atom stereocenters. The van der Waals surface area contributed by atoms with Crippen LogP contribution < -0.4 is 10.9 Å². The zero-order valence-corrected chi connectivity index (χ0v) is 8.65. The Kier molecular flexibility index (Phi) is 4.04. The lowest BCUT2D eigenvalue weighted by atomic mass is 10.2. The third-order valence-corrected chi connectivity index (χ3v) is 2.87. The molecule has 0 saturated heterocycles. The van der Waals surface area contributed by atoms with Gasteiger partial charge >= 0.3 is 0 Å². The topological polar surface area (TPSA) is 89.4 Å². The fraction of sp³-hybridized carbons (Fsp3) is 0.800. The summed E-state index contributed by atoms with van der Waals surface area (Å²) < 4.78 is 22.4. The van der Waals surface area contributed by atoms with E-state index in [1.54, 1.807) is 6.92 Å². The third-order valence-electron chi connectivity index (χ3n) is 1.45. The first-order valence-electron chi connectivity index (χ1n) is 3.28. The molecule has 0 aromatic heterocycles. The monoisotopic (exact) mass is 211 g/mol. The van der Waals surface area contributed by atoms with Crippen molar-refractivity contribution < 1.29 is 8.42 Å². The van der Waals surface area contributed by atoms with Crippen LogP contribution in [0.2, 0.25) is 0 Å². The third kappa shape index (κ3) is 3.96. The van der Waals surface area contributed by atoms with Crippen molar-refractivity contribution in [1.29, 1.82) is 0 Å². The first-order chi connectivity index (χ1) is 5.25. The Hall–Kier alpha value is -0.240. The Bertz CT molecular complexity index is 262. The molecule has 0 aliphatic heterocycles. The first-order valence-corrected chi connectivity index (χ1v) is 5.19. The maximum Gasteiger partial charge on any atom is 0.276 e. The summed E-state index contributed by atoms with van der Waals surface area (Å²) in [4.78, 5) is 0.283. The van der Waals surface area contributed by atoms with Gasteiger partial charge in [-0.3, -0.25) is 0 Å². The average molecular weight is 211 g/mol. The summed E-state index contributed by atoms with van der Waals surface area (Å²) in [6.07, 6.45) is 0. The molecule has 0 rings (SSSR count). The Morgan fingerprint density at radius 3 is 2.33 bits per heavy atom. The highest BCUT2D eigenvalue weighted by Crippen LogP contribution is 2.00. The molecule has 0 saturated carbocycles. The van der Waals surface area contributed by atoms with Crippen LogP contribution in [0.5, 0.6) is 0 Å². The average Bonchev–Trinajstić information content (AvgIpc) is 1.85. The highest BCUT2D eigenvalue weighted by atomic mass is 32.2. The summed E-state index contributed by atoms with van der Waals surface area (Å²) >= 11 is 4.67. The molecule has 7 heteroatoms. The predicted octanol–water partition coefficient (Wildman–Crippen LogP) is -0.956. The van der Waals surface area contributed by atoms with Crippen LogP contribution in [-0.4, -0.2) is 31.3 Å². The van der Waals surface area contributed by atoms with E-state index in [0.29, 0.717) is 0 Å². The number of nitrogens with zero attached hydrogens (tertiary/aromatic N) is 1. The van der Waals surface area contributed by atoms with Gasteiger partial charge in [-0.1, -0.05) is 19.1 Å². The number of rotatable bonds is 4. The fourth-order valence-corrected chi connectivity index (χ4v) is 1.09. The minimum atomic E-state index is -3.61. The lowest BCUT2D eigenvalue weighted by Crippen LogP contribution is -2.39. The molecule has 0 spiro atoms. The minimum absolute atomic E-state index is 0.164. The van der Waals surface area contributed by atoms with Gasteiger partial charge in [-0.25, -0.2) is 5.14 Å². The molecule has 0 radical (unpaired) electrons. The lowest BCUT2D eigenvalue weighted by Gasteiger charge is -2.17. The van der Waals surface area contributed by atoms with Crippen LogP contribution in [0.15, 0.2) is 0 Å². The highest BCUT2D eigenvalue weighted by molar-refractivity contribution is 7.86. The van der Waals surface area contributed by atoms with E-state index in [9.17, 15) is 8.42 Å². The molecule has 4 N–H and O–H groups in total. The molecule has 0 heterocycles. The lowest BCUT2D eigenvalue weighted by molar-refractivity contribution is 0.446. The van der Waals surface area contributed by atoms with Crippen molar-refractivity contribution in [2.75, 3.05) is 13.6 Å². The van der Waals surface area contributed by atoms with Crippen LogP contribution in [0, 0.1) is 5.92 Å². The summed E-state index contributed by atoms with van der Waals surface area (Å²) in [7, 11) is -2.23. The Labute approximate surface area is 77.9 Å². The molecule has 0 aliphatic rings. The van der Waals surface area contributed by atoms with E-state index in [0.717, 1.165) is 4.31 Å². The second-order valence-corrected chi connectivity index (χ2v) is 4.75. The van der Waals surface area contributed by atoms with Crippen LogP contribution in [0.3, 0.4) is 0 Å². The SMILES string of the molecule is CC(CN(C)S(N)(=O)=O)C(N)=S. The molecular formula is C5H13N3O2S2. The van der Waals surface area contributed by atoms with E-state index in [-0.39, 0.29) is 17.5 Å². The normalized spacial score (nSPS) is 14.7. The quantitative estimate of drug-likeness (QED) is 0.586. The van der Waals surface area contributed by atoms with Gasteiger partial charge in [-0.05, 0) is 0 Å². The van der Waals surface area contributed by atoms with Crippen molar-refractivity contribution in [1.82, 2.24) is 4.31 Å². The van der Waals surface area contributed by atoms with Crippen molar-refractivity contribution in [3.05, 3.63) is 0 Å². The van der Waals surface area contributed by atoms with Gasteiger partial charge in [0.15, 0.2) is 0 Å². The molecule has 5 nitrogen and oxygen atoms in total. The molecule has 0 aromatic carbocycles. The summed E-state index contributed by atoms with van der Waals surface area (Å²) in [5.74, 6) is -0.164. The largest absolute Gasteiger partial charge is 0.393 e. The maximum absolute atomic E-state index is 10.7. The second-order valence-electron chi connectivity index (χ2n) is 2.63. The number of thiocarbonyl (C=S) groups is 1. The van der Waals surface area contributed by atoms with Gasteiger partial charge in [0.2, 0.25) is 0 Å². The standard InChI is InChI=1S/C5H13N3O2S2/c1-4(5(6)11)3-8(2)12(7,9)10/h4H,3H2,1-2H3,(H2,6,11)(H2,7,9,10). The molecule has 0 amide bonds. The van der Waals surface area contributed by atoms with Crippen molar-refractivity contribution in [2.45, 2.75) is 6.92 Å². The van der Waals surface area contributed by atoms with E-state index in [1.165, 1.54) is 7.05 Å². The molecule has 0 bridgehead atoms. The van der Waals surface area contributed by atoms with Gasteiger partial charge in [0.1, 0.15) is 0 Å². The summed E-state index contributed by atoms with van der Waals surface area (Å²) in [5.41, 5.74) is 5.30. The van der Waals surface area contributed by atoms with Crippen molar-refractivity contribution in [2.24, 2.45) is 16.8 Å². The van der Waals surface area contributed by atoms with Crippen molar-refractivity contribution >= 4 is 27.4 Å².